The SMILES string of the molecule is Cc1ccc(N2CCC(=O)N3CCCC3C2=O)c(Cl)c1. The van der Waals surface area contributed by atoms with Gasteiger partial charge in [0.15, 0.2) is 0 Å². The van der Waals surface area contributed by atoms with Gasteiger partial charge in [-0.2, -0.15) is 0 Å². The van der Waals surface area contributed by atoms with Crippen LogP contribution >= 0.6 is 11.6 Å². The van der Waals surface area contributed by atoms with Crippen LogP contribution in [0.2, 0.25) is 5.02 Å². The predicted octanol–water partition coefficient (Wildman–Crippen LogP) is 2.38. The highest BCUT2D eigenvalue weighted by atomic mass is 35.5. The summed E-state index contributed by atoms with van der Waals surface area (Å²) in [7, 11) is 0. The number of anilines is 1. The molecule has 20 heavy (non-hydrogen) atoms. The van der Waals surface area contributed by atoms with Crippen LogP contribution in [0.15, 0.2) is 18.2 Å². The van der Waals surface area contributed by atoms with E-state index in [1.807, 2.05) is 25.1 Å². The number of aryl methyl sites for hydroxylation is 1. The summed E-state index contributed by atoms with van der Waals surface area (Å²) in [6.07, 6.45) is 2.02. The normalized spacial score (nSPS) is 23.0. The Morgan fingerprint density at radius 2 is 2.05 bits per heavy atom. The molecule has 3 rings (SSSR count). The van der Waals surface area contributed by atoms with E-state index in [-0.39, 0.29) is 17.9 Å². The van der Waals surface area contributed by atoms with Crippen LogP contribution in [0.1, 0.15) is 24.8 Å². The molecule has 106 valence electrons. The molecule has 1 aromatic rings. The van der Waals surface area contributed by atoms with Gasteiger partial charge in [0.1, 0.15) is 6.04 Å². The molecule has 0 aromatic heterocycles. The number of amides is 2. The van der Waals surface area contributed by atoms with Crippen molar-refractivity contribution in [3.63, 3.8) is 0 Å². The number of fused-ring (bicyclic) bond motifs is 1. The highest BCUT2D eigenvalue weighted by Crippen LogP contribution is 2.31. The summed E-state index contributed by atoms with van der Waals surface area (Å²) in [6.45, 7) is 3.07. The van der Waals surface area contributed by atoms with Crippen molar-refractivity contribution < 1.29 is 9.59 Å². The first-order valence-corrected chi connectivity index (χ1v) is 7.33. The molecular formula is C15H17ClN2O2. The minimum Gasteiger partial charge on any atom is -0.331 e. The molecule has 5 heteroatoms. The molecular weight excluding hydrogens is 276 g/mol. The lowest BCUT2D eigenvalue weighted by atomic mass is 10.1. The summed E-state index contributed by atoms with van der Waals surface area (Å²) in [5, 5.41) is 0.567. The van der Waals surface area contributed by atoms with Crippen LogP contribution in [0.25, 0.3) is 0 Å². The van der Waals surface area contributed by atoms with E-state index < -0.39 is 0 Å². The highest BCUT2D eigenvalue weighted by molar-refractivity contribution is 6.34. The quantitative estimate of drug-likeness (QED) is 0.797. The Hall–Kier alpha value is -1.55. The topological polar surface area (TPSA) is 40.6 Å². The fourth-order valence-corrected chi connectivity index (χ4v) is 3.37. The van der Waals surface area contributed by atoms with Crippen LogP contribution in [-0.2, 0) is 9.59 Å². The molecule has 2 saturated heterocycles. The second kappa shape index (κ2) is 5.09. The van der Waals surface area contributed by atoms with Crippen molar-refractivity contribution in [2.75, 3.05) is 18.0 Å². The van der Waals surface area contributed by atoms with E-state index in [0.717, 1.165) is 18.4 Å². The number of carbonyl (C=O) groups is 2. The van der Waals surface area contributed by atoms with Crippen molar-refractivity contribution in [2.24, 2.45) is 0 Å². The van der Waals surface area contributed by atoms with Gasteiger partial charge < -0.3 is 9.80 Å². The maximum atomic E-state index is 12.7. The first kappa shape index (κ1) is 13.4. The highest BCUT2D eigenvalue weighted by Gasteiger charge is 2.39. The Morgan fingerprint density at radius 1 is 1.25 bits per heavy atom. The summed E-state index contributed by atoms with van der Waals surface area (Å²) in [4.78, 5) is 28.2. The number of hydrogen-bond donors (Lipinski definition) is 0. The van der Waals surface area contributed by atoms with Crippen LogP contribution in [0, 0.1) is 6.92 Å². The molecule has 1 unspecified atom stereocenters. The van der Waals surface area contributed by atoms with E-state index in [9.17, 15) is 9.59 Å². The monoisotopic (exact) mass is 292 g/mol. The van der Waals surface area contributed by atoms with Crippen LogP contribution in [0.4, 0.5) is 5.69 Å². The molecule has 1 aromatic carbocycles. The number of nitrogens with zero attached hydrogens (tertiary/aromatic N) is 2. The third-order valence-electron chi connectivity index (χ3n) is 4.07. The first-order chi connectivity index (χ1) is 9.58. The first-order valence-electron chi connectivity index (χ1n) is 6.95. The molecule has 2 heterocycles. The number of carbonyl (C=O) groups excluding carboxylic acids is 2. The lowest BCUT2D eigenvalue weighted by Gasteiger charge is -2.26. The van der Waals surface area contributed by atoms with Crippen molar-refractivity contribution in [1.82, 2.24) is 4.90 Å². The standard InChI is InChI=1S/C15H17ClN2O2/c1-10-4-5-12(11(16)9-10)18-8-6-14(19)17-7-2-3-13(17)15(18)20/h4-5,9,13H,2-3,6-8H2,1H3. The summed E-state index contributed by atoms with van der Waals surface area (Å²) >= 11 is 6.27. The molecule has 0 radical (unpaired) electrons. The summed E-state index contributed by atoms with van der Waals surface area (Å²) in [6, 6.07) is 5.35. The summed E-state index contributed by atoms with van der Waals surface area (Å²) in [5.74, 6) is 0.0747. The van der Waals surface area contributed by atoms with Gasteiger partial charge in [0, 0.05) is 19.5 Å². The van der Waals surface area contributed by atoms with E-state index >= 15 is 0 Å². The zero-order valence-electron chi connectivity index (χ0n) is 11.4. The molecule has 0 saturated carbocycles. The second-order valence-electron chi connectivity index (χ2n) is 5.44. The number of halogens is 1. The smallest absolute Gasteiger partial charge is 0.249 e. The largest absolute Gasteiger partial charge is 0.331 e. The lowest BCUT2D eigenvalue weighted by molar-refractivity contribution is -0.135. The average Bonchev–Trinajstić information content (AvgIpc) is 2.85. The maximum Gasteiger partial charge on any atom is 0.249 e. The van der Waals surface area contributed by atoms with Crippen molar-refractivity contribution in [1.29, 1.82) is 0 Å². The van der Waals surface area contributed by atoms with Crippen LogP contribution in [0.3, 0.4) is 0 Å². The minimum atomic E-state index is -0.303. The van der Waals surface area contributed by atoms with E-state index in [1.54, 1.807) is 9.80 Å². The molecule has 2 fully saturated rings. The molecule has 0 aliphatic carbocycles. The van der Waals surface area contributed by atoms with Gasteiger partial charge in [-0.3, -0.25) is 9.59 Å². The lowest BCUT2D eigenvalue weighted by Crippen LogP contribution is -2.43. The van der Waals surface area contributed by atoms with Gasteiger partial charge in [0.2, 0.25) is 11.8 Å². The van der Waals surface area contributed by atoms with Gasteiger partial charge in [0.25, 0.3) is 0 Å². The van der Waals surface area contributed by atoms with E-state index in [4.69, 9.17) is 11.6 Å². The van der Waals surface area contributed by atoms with Gasteiger partial charge in [0.05, 0.1) is 10.7 Å². The van der Waals surface area contributed by atoms with Crippen LogP contribution in [-0.4, -0.2) is 35.8 Å². The van der Waals surface area contributed by atoms with Crippen LogP contribution in [0.5, 0.6) is 0 Å². The van der Waals surface area contributed by atoms with Gasteiger partial charge in [-0.15, -0.1) is 0 Å². The Morgan fingerprint density at radius 3 is 2.80 bits per heavy atom. The zero-order chi connectivity index (χ0) is 14.3. The minimum absolute atomic E-state index is 0.000830. The second-order valence-corrected chi connectivity index (χ2v) is 5.85. The third kappa shape index (κ3) is 2.18. The Labute approximate surface area is 123 Å². The Bertz CT molecular complexity index is 573. The van der Waals surface area contributed by atoms with Gasteiger partial charge in [-0.05, 0) is 37.5 Å². The van der Waals surface area contributed by atoms with E-state index in [0.29, 0.717) is 30.2 Å². The molecule has 2 amide bonds. The number of benzene rings is 1. The van der Waals surface area contributed by atoms with Crippen molar-refractivity contribution in [3.8, 4) is 0 Å². The van der Waals surface area contributed by atoms with Crippen molar-refractivity contribution >= 4 is 29.1 Å². The van der Waals surface area contributed by atoms with E-state index in [2.05, 4.69) is 0 Å². The third-order valence-corrected chi connectivity index (χ3v) is 4.37. The fraction of sp³-hybridized carbons (Fsp3) is 0.467. The molecule has 0 N–H and O–H groups in total. The van der Waals surface area contributed by atoms with Crippen LogP contribution < -0.4 is 4.90 Å². The van der Waals surface area contributed by atoms with Gasteiger partial charge in [-0.25, -0.2) is 0 Å². The molecule has 0 bridgehead atoms. The maximum absolute atomic E-state index is 12.7. The summed E-state index contributed by atoms with van der Waals surface area (Å²) in [5.41, 5.74) is 1.77. The predicted molar refractivity (Wildman–Crippen MR) is 77.9 cm³/mol. The molecule has 2 aliphatic rings. The number of rotatable bonds is 1. The Kier molecular flexibility index (Phi) is 3.42. The Balaban J connectivity index is 1.96. The van der Waals surface area contributed by atoms with Crippen molar-refractivity contribution in [2.45, 2.75) is 32.2 Å². The zero-order valence-corrected chi connectivity index (χ0v) is 12.2. The van der Waals surface area contributed by atoms with Gasteiger partial charge >= 0.3 is 0 Å². The number of hydrogen-bond acceptors (Lipinski definition) is 2. The van der Waals surface area contributed by atoms with Crippen molar-refractivity contribution in [3.05, 3.63) is 28.8 Å². The molecule has 4 nitrogen and oxygen atoms in total. The molecule has 0 spiro atoms. The molecule has 2 aliphatic heterocycles. The molecule has 1 atom stereocenters. The van der Waals surface area contributed by atoms with Gasteiger partial charge in [-0.1, -0.05) is 17.7 Å². The average molecular weight is 293 g/mol. The fourth-order valence-electron chi connectivity index (χ4n) is 3.03. The summed E-state index contributed by atoms with van der Waals surface area (Å²) < 4.78 is 0. The van der Waals surface area contributed by atoms with E-state index in [1.165, 1.54) is 0 Å².